The molecule has 0 aliphatic rings. The monoisotopic (exact) mass is 250 g/mol. The lowest BCUT2D eigenvalue weighted by molar-refractivity contribution is -0.135. The number of hydrogen-bond donors (Lipinski definition) is 1. The summed E-state index contributed by atoms with van der Waals surface area (Å²) in [6, 6.07) is 1.24. The van der Waals surface area contributed by atoms with Crippen molar-refractivity contribution < 1.29 is 17.6 Å². The lowest BCUT2D eigenvalue weighted by Crippen LogP contribution is -2.09. The van der Waals surface area contributed by atoms with E-state index >= 15 is 0 Å². The van der Waals surface area contributed by atoms with Crippen LogP contribution in [-0.4, -0.2) is 11.2 Å². The fourth-order valence-electron chi connectivity index (χ4n) is 1.51. The minimum absolute atomic E-state index is 0.0168. The molecule has 1 aromatic rings. The molecule has 0 fully saturated rings. The molecule has 1 aromatic heterocycles. The smallest absolute Gasteiger partial charge is 0.326 e. The lowest BCUT2D eigenvalue weighted by Gasteiger charge is -2.09. The number of nitrogens with two attached hydrogens (primary N) is 1. The average Bonchev–Trinajstić information content (AvgIpc) is 2.20. The third kappa shape index (κ3) is 4.30. The van der Waals surface area contributed by atoms with Crippen LogP contribution in [0.5, 0.6) is 0 Å². The molecule has 0 unspecified atom stereocenters. The summed E-state index contributed by atoms with van der Waals surface area (Å²) < 4.78 is 49.2. The summed E-state index contributed by atoms with van der Waals surface area (Å²) in [5, 5.41) is 0. The van der Waals surface area contributed by atoms with E-state index in [9.17, 15) is 17.6 Å². The van der Waals surface area contributed by atoms with E-state index in [4.69, 9.17) is 5.73 Å². The first-order valence-electron chi connectivity index (χ1n) is 5.25. The van der Waals surface area contributed by atoms with Gasteiger partial charge in [-0.15, -0.1) is 0 Å². The summed E-state index contributed by atoms with van der Waals surface area (Å²) in [5.74, 6) is -0.585. The number of nitrogens with zero attached hydrogens (tertiary/aromatic N) is 1. The summed E-state index contributed by atoms with van der Waals surface area (Å²) in [4.78, 5) is 3.94. The zero-order chi connectivity index (χ0) is 13.1. The van der Waals surface area contributed by atoms with Gasteiger partial charge < -0.3 is 5.73 Å². The van der Waals surface area contributed by atoms with Crippen molar-refractivity contribution in [1.82, 2.24) is 4.98 Å². The van der Waals surface area contributed by atoms with Gasteiger partial charge in [-0.25, -0.2) is 4.39 Å². The summed E-state index contributed by atoms with van der Waals surface area (Å²) >= 11 is 0. The number of hydrogen-bond acceptors (Lipinski definition) is 2. The van der Waals surface area contributed by atoms with E-state index in [1.807, 2.05) is 0 Å². The van der Waals surface area contributed by atoms with Crippen molar-refractivity contribution in [2.45, 2.75) is 38.9 Å². The molecule has 1 heterocycles. The molecule has 0 amide bonds. The zero-order valence-corrected chi connectivity index (χ0v) is 9.44. The van der Waals surface area contributed by atoms with Crippen LogP contribution in [0.1, 0.15) is 29.8 Å². The molecule has 2 nitrogen and oxygen atoms in total. The van der Waals surface area contributed by atoms with E-state index in [0.717, 1.165) is 0 Å². The molecule has 2 N–H and O–H groups in total. The van der Waals surface area contributed by atoms with Crippen molar-refractivity contribution in [3.63, 3.8) is 0 Å². The maximum absolute atomic E-state index is 13.4. The topological polar surface area (TPSA) is 38.9 Å². The van der Waals surface area contributed by atoms with Crippen molar-refractivity contribution >= 4 is 0 Å². The van der Waals surface area contributed by atoms with Crippen LogP contribution in [0, 0.1) is 12.7 Å². The van der Waals surface area contributed by atoms with Crippen molar-refractivity contribution in [3.05, 3.63) is 28.8 Å². The van der Waals surface area contributed by atoms with Gasteiger partial charge in [0.1, 0.15) is 5.82 Å². The Morgan fingerprint density at radius 3 is 2.53 bits per heavy atom. The minimum atomic E-state index is -4.21. The Kier molecular flexibility index (Phi) is 4.45. The van der Waals surface area contributed by atoms with Gasteiger partial charge in [-0.05, 0) is 31.4 Å². The number of aryl methyl sites for hydroxylation is 2. The Bertz CT molecular complexity index is 388. The Morgan fingerprint density at radius 2 is 2.00 bits per heavy atom. The van der Waals surface area contributed by atoms with E-state index in [0.29, 0.717) is 11.3 Å². The molecule has 0 saturated heterocycles. The summed E-state index contributed by atoms with van der Waals surface area (Å²) in [5.41, 5.74) is 6.58. The molecule has 0 saturated carbocycles. The zero-order valence-electron chi connectivity index (χ0n) is 9.44. The molecule has 0 spiro atoms. The van der Waals surface area contributed by atoms with Gasteiger partial charge in [0.25, 0.3) is 0 Å². The van der Waals surface area contributed by atoms with Crippen molar-refractivity contribution in [3.8, 4) is 0 Å². The number of rotatable bonds is 4. The highest BCUT2D eigenvalue weighted by atomic mass is 19.4. The van der Waals surface area contributed by atoms with E-state index in [-0.39, 0.29) is 25.1 Å². The quantitative estimate of drug-likeness (QED) is 0.834. The summed E-state index contributed by atoms with van der Waals surface area (Å²) in [7, 11) is 0. The third-order valence-corrected chi connectivity index (χ3v) is 2.44. The highest BCUT2D eigenvalue weighted by Gasteiger charge is 2.26. The first kappa shape index (κ1) is 13.9. The predicted octanol–water partition coefficient (Wildman–Crippen LogP) is 2.87. The van der Waals surface area contributed by atoms with Crippen molar-refractivity contribution in [2.24, 2.45) is 5.73 Å². The normalized spacial score (nSPS) is 11.9. The Morgan fingerprint density at radius 1 is 1.35 bits per heavy atom. The van der Waals surface area contributed by atoms with Crippen molar-refractivity contribution in [1.29, 1.82) is 0 Å². The van der Waals surface area contributed by atoms with Gasteiger partial charge in [0.15, 0.2) is 0 Å². The largest absolute Gasteiger partial charge is 0.389 e. The maximum Gasteiger partial charge on any atom is 0.389 e. The molecule has 1 rings (SSSR count). The fraction of sp³-hybridized carbons (Fsp3) is 0.545. The van der Waals surface area contributed by atoms with Crippen LogP contribution in [0.3, 0.4) is 0 Å². The lowest BCUT2D eigenvalue weighted by atomic mass is 10.1. The summed E-state index contributed by atoms with van der Waals surface area (Å²) in [6.45, 7) is 1.83. The molecule has 6 heteroatoms. The summed E-state index contributed by atoms with van der Waals surface area (Å²) in [6.07, 6.45) is -5.31. The van der Waals surface area contributed by atoms with Crippen LogP contribution in [0.2, 0.25) is 0 Å². The highest BCUT2D eigenvalue weighted by molar-refractivity contribution is 5.23. The Hall–Kier alpha value is -1.17. The first-order chi connectivity index (χ1) is 7.83. The third-order valence-electron chi connectivity index (χ3n) is 2.44. The van der Waals surface area contributed by atoms with Gasteiger partial charge in [-0.3, -0.25) is 4.98 Å². The molecular weight excluding hydrogens is 236 g/mol. The first-order valence-corrected chi connectivity index (χ1v) is 5.25. The fourth-order valence-corrected chi connectivity index (χ4v) is 1.51. The van der Waals surface area contributed by atoms with Gasteiger partial charge in [-0.1, -0.05) is 0 Å². The number of alkyl halides is 3. The number of aromatic nitrogens is 1. The van der Waals surface area contributed by atoms with E-state index in [2.05, 4.69) is 4.98 Å². The minimum Gasteiger partial charge on any atom is -0.326 e. The molecule has 0 bridgehead atoms. The van der Waals surface area contributed by atoms with Gasteiger partial charge in [0.2, 0.25) is 0 Å². The van der Waals surface area contributed by atoms with Crippen LogP contribution < -0.4 is 5.73 Å². The van der Waals surface area contributed by atoms with Gasteiger partial charge in [0.05, 0.1) is 5.69 Å². The number of halogens is 4. The average molecular weight is 250 g/mol. The predicted molar refractivity (Wildman–Crippen MR) is 55.8 cm³/mol. The molecular formula is C11H14F4N2. The molecule has 0 aliphatic carbocycles. The van der Waals surface area contributed by atoms with Crippen LogP contribution in [0.25, 0.3) is 0 Å². The maximum atomic E-state index is 13.4. The van der Waals surface area contributed by atoms with E-state index in [1.54, 1.807) is 6.92 Å². The van der Waals surface area contributed by atoms with Crippen LogP contribution >= 0.6 is 0 Å². The van der Waals surface area contributed by atoms with Crippen molar-refractivity contribution in [2.75, 3.05) is 0 Å². The van der Waals surface area contributed by atoms with E-state index in [1.165, 1.54) is 6.07 Å². The van der Waals surface area contributed by atoms with Crippen LogP contribution in [0.4, 0.5) is 17.6 Å². The molecule has 0 aliphatic heterocycles. The molecule has 0 atom stereocenters. The number of pyridine rings is 1. The van der Waals surface area contributed by atoms with E-state index < -0.39 is 18.4 Å². The molecule has 0 radical (unpaired) electrons. The van der Waals surface area contributed by atoms with Gasteiger partial charge in [0, 0.05) is 18.7 Å². The highest BCUT2D eigenvalue weighted by Crippen LogP contribution is 2.23. The van der Waals surface area contributed by atoms with Crippen LogP contribution in [-0.2, 0) is 13.0 Å². The van der Waals surface area contributed by atoms with Gasteiger partial charge >= 0.3 is 6.18 Å². The second-order valence-corrected chi connectivity index (χ2v) is 3.83. The molecule has 17 heavy (non-hydrogen) atoms. The second kappa shape index (κ2) is 5.44. The standard InChI is InChI=1S/C11H14F4N2/c1-7-8(6-16)5-9(12)10(17-7)3-2-4-11(13,14)15/h5H,2-4,6,16H2,1H3. The Balaban J connectivity index is 2.69. The van der Waals surface area contributed by atoms with Gasteiger partial charge in [-0.2, -0.15) is 13.2 Å². The SMILES string of the molecule is Cc1nc(CCCC(F)(F)F)c(F)cc1CN. The molecule has 96 valence electrons. The van der Waals surface area contributed by atoms with Crippen LogP contribution in [0.15, 0.2) is 6.07 Å². The second-order valence-electron chi connectivity index (χ2n) is 3.83. The molecule has 0 aromatic carbocycles. The Labute approximate surface area is 96.8 Å².